The Balaban J connectivity index is -0.000000357. The van der Waals surface area contributed by atoms with Crippen molar-refractivity contribution in [3.8, 4) is 0 Å². The Labute approximate surface area is 134 Å². The lowest BCUT2D eigenvalue weighted by Gasteiger charge is -1.98. The molecule has 0 aliphatic heterocycles. The largest absolute Gasteiger partial charge is 0.260 e. The second-order valence-electron chi connectivity index (χ2n) is 3.23. The molecule has 0 fully saturated rings. The Morgan fingerprint density at radius 3 is 2.20 bits per heavy atom. The van der Waals surface area contributed by atoms with E-state index in [9.17, 15) is 0 Å². The summed E-state index contributed by atoms with van der Waals surface area (Å²) in [4.78, 5) is 4.23. The first-order valence-corrected chi connectivity index (χ1v) is 7.08. The number of allylic oxidation sites excluding steroid dienone is 4. The number of rotatable bonds is 4. The third kappa shape index (κ3) is 13.0. The van der Waals surface area contributed by atoms with Crippen molar-refractivity contribution < 1.29 is 0 Å². The van der Waals surface area contributed by atoms with Crippen molar-refractivity contribution in [1.29, 1.82) is 0 Å². The van der Waals surface area contributed by atoms with Gasteiger partial charge in [0.15, 0.2) is 0 Å². The maximum Gasteiger partial charge on any atom is 0.0445 e. The highest BCUT2D eigenvalue weighted by atomic mass is 79.9. The summed E-state index contributed by atoms with van der Waals surface area (Å²) in [7, 11) is 0. The van der Waals surface area contributed by atoms with Crippen LogP contribution in [0, 0.1) is 6.92 Å². The maximum atomic E-state index is 4.23. The molecule has 0 unspecified atom stereocenters. The first kappa shape index (κ1) is 23.7. The van der Waals surface area contributed by atoms with Gasteiger partial charge in [0.1, 0.15) is 0 Å². The number of hydrogen-bond donors (Lipinski definition) is 0. The minimum Gasteiger partial charge on any atom is -0.260 e. The lowest BCUT2D eigenvalue weighted by molar-refractivity contribution is 1.18. The molecule has 20 heavy (non-hydrogen) atoms. The molecule has 0 saturated carbocycles. The van der Waals surface area contributed by atoms with Crippen LogP contribution in [0.4, 0.5) is 0 Å². The summed E-state index contributed by atoms with van der Waals surface area (Å²) in [5.74, 6) is 0. The first-order chi connectivity index (χ1) is 9.15. The second-order valence-corrected chi connectivity index (χ2v) is 4.14. The van der Waals surface area contributed by atoms with E-state index in [1.165, 1.54) is 0 Å². The fourth-order valence-electron chi connectivity index (χ4n) is 0.983. The van der Waals surface area contributed by atoms with Gasteiger partial charge >= 0.3 is 0 Å². The van der Waals surface area contributed by atoms with Crippen LogP contribution in [-0.2, 0) is 0 Å². The van der Waals surface area contributed by atoms with Crippen molar-refractivity contribution in [1.82, 2.24) is 4.98 Å². The van der Waals surface area contributed by atoms with Crippen LogP contribution < -0.4 is 0 Å². The molecule has 0 aliphatic rings. The van der Waals surface area contributed by atoms with Gasteiger partial charge in [-0.05, 0) is 40.9 Å². The zero-order valence-electron chi connectivity index (χ0n) is 12.2. The van der Waals surface area contributed by atoms with Crippen molar-refractivity contribution in [3.63, 3.8) is 0 Å². The van der Waals surface area contributed by atoms with E-state index in [0.29, 0.717) is 0 Å². The van der Waals surface area contributed by atoms with Crippen molar-refractivity contribution in [3.05, 3.63) is 72.0 Å². The molecular formula is C18H28BrN. The smallest absolute Gasteiger partial charge is 0.0445 e. The third-order valence-corrected chi connectivity index (χ3v) is 2.29. The van der Waals surface area contributed by atoms with E-state index in [0.717, 1.165) is 22.2 Å². The monoisotopic (exact) mass is 337 g/mol. The topological polar surface area (TPSA) is 12.9 Å². The van der Waals surface area contributed by atoms with E-state index < -0.39 is 0 Å². The van der Waals surface area contributed by atoms with Gasteiger partial charge in [0.2, 0.25) is 0 Å². The van der Waals surface area contributed by atoms with E-state index >= 15 is 0 Å². The van der Waals surface area contributed by atoms with Crippen molar-refractivity contribution in [2.75, 3.05) is 0 Å². The second kappa shape index (κ2) is 17.6. The molecule has 1 aromatic heterocycles. The van der Waals surface area contributed by atoms with Gasteiger partial charge in [-0.25, -0.2) is 0 Å². The Hall–Kier alpha value is -1.41. The lowest BCUT2D eigenvalue weighted by atomic mass is 10.2. The van der Waals surface area contributed by atoms with Gasteiger partial charge in [-0.3, -0.25) is 4.98 Å². The van der Waals surface area contributed by atoms with E-state index in [-0.39, 0.29) is 7.43 Å². The number of pyridine rings is 1. The summed E-state index contributed by atoms with van der Waals surface area (Å²) in [5, 5.41) is 0. The van der Waals surface area contributed by atoms with Gasteiger partial charge in [-0.15, -0.1) is 6.58 Å². The molecule has 0 spiro atoms. The number of hydrogen-bond acceptors (Lipinski definition) is 1. The highest BCUT2D eigenvalue weighted by Crippen LogP contribution is 2.14. The highest BCUT2D eigenvalue weighted by Gasteiger charge is 1.95. The molecule has 1 nitrogen and oxygen atoms in total. The zero-order valence-corrected chi connectivity index (χ0v) is 13.8. The molecule has 0 N–H and O–H groups in total. The fraction of sp³-hybridized carbons (Fsp3) is 0.278. The minimum atomic E-state index is 0. The summed E-state index contributed by atoms with van der Waals surface area (Å²) in [6.07, 6.45) is 12.0. The van der Waals surface area contributed by atoms with Crippen LogP contribution in [0.15, 0.2) is 60.8 Å². The molecular weight excluding hydrogens is 310 g/mol. The van der Waals surface area contributed by atoms with Crippen LogP contribution in [-0.4, -0.2) is 4.98 Å². The Morgan fingerprint density at radius 2 is 1.75 bits per heavy atom. The van der Waals surface area contributed by atoms with Gasteiger partial charge in [0.25, 0.3) is 0 Å². The van der Waals surface area contributed by atoms with Gasteiger partial charge in [0.05, 0.1) is 0 Å². The Morgan fingerprint density at radius 1 is 1.20 bits per heavy atom. The molecule has 1 rings (SSSR count). The number of aryl methyl sites for hydroxylation is 1. The van der Waals surface area contributed by atoms with Crippen LogP contribution >= 0.6 is 15.9 Å². The zero-order chi connectivity index (χ0) is 15.1. The molecule has 112 valence electrons. The van der Waals surface area contributed by atoms with E-state index in [1.807, 2.05) is 26.8 Å². The average Bonchev–Trinajstić information content (AvgIpc) is 2.45. The number of halogens is 1. The summed E-state index contributed by atoms with van der Waals surface area (Å²) >= 11 is 3.39. The first-order valence-electron chi connectivity index (χ1n) is 6.28. The quantitative estimate of drug-likeness (QED) is 0.436. The van der Waals surface area contributed by atoms with Crippen LogP contribution in [0.1, 0.15) is 39.0 Å². The van der Waals surface area contributed by atoms with Crippen LogP contribution in [0.25, 0.3) is 6.08 Å². The summed E-state index contributed by atoms with van der Waals surface area (Å²) in [6, 6.07) is 2.06. The summed E-state index contributed by atoms with van der Waals surface area (Å²) < 4.78 is 1.01. The Kier molecular flexibility index (Phi) is 20.8. The standard InChI is InChI=1S/C11H12BrN.C4H6.C2H6.CH4/c1-3-4-5-6-10-7-11(12)8-13-9(10)2;1-3-4-2;1-2;/h3,5-8H,1,4H2,2H3;3-4H,1-2H2;1-2H3;1H4/b6-5+;;;. The molecule has 0 bridgehead atoms. The normalized spacial score (nSPS) is 8.20. The molecule has 1 heterocycles. The molecule has 0 radical (unpaired) electrons. The van der Waals surface area contributed by atoms with Crippen LogP contribution in [0.3, 0.4) is 0 Å². The fourth-order valence-corrected chi connectivity index (χ4v) is 1.33. The van der Waals surface area contributed by atoms with E-state index in [2.05, 4.69) is 58.9 Å². The molecule has 0 saturated heterocycles. The van der Waals surface area contributed by atoms with Gasteiger partial charge in [0, 0.05) is 16.4 Å². The van der Waals surface area contributed by atoms with Gasteiger partial charge < -0.3 is 0 Å². The predicted molar refractivity (Wildman–Crippen MR) is 99.0 cm³/mol. The lowest BCUT2D eigenvalue weighted by Crippen LogP contribution is -1.85. The Bertz CT molecular complexity index is 400. The molecule has 0 atom stereocenters. The summed E-state index contributed by atoms with van der Waals surface area (Å²) in [6.45, 7) is 16.4. The van der Waals surface area contributed by atoms with E-state index in [4.69, 9.17) is 0 Å². The molecule has 0 aliphatic carbocycles. The SMILES string of the molecule is C.C=CC/C=C/c1cc(Br)cnc1C.C=CC=C.CC. The third-order valence-electron chi connectivity index (χ3n) is 1.86. The van der Waals surface area contributed by atoms with Crippen LogP contribution in [0.5, 0.6) is 0 Å². The van der Waals surface area contributed by atoms with Crippen LogP contribution in [0.2, 0.25) is 0 Å². The molecule has 2 heteroatoms. The minimum absolute atomic E-state index is 0. The highest BCUT2D eigenvalue weighted by molar-refractivity contribution is 9.10. The maximum absolute atomic E-state index is 4.23. The van der Waals surface area contributed by atoms with E-state index in [1.54, 1.807) is 18.3 Å². The number of aromatic nitrogens is 1. The van der Waals surface area contributed by atoms with Crippen molar-refractivity contribution in [2.45, 2.75) is 34.6 Å². The molecule has 1 aromatic rings. The number of nitrogens with zero attached hydrogens (tertiary/aromatic N) is 1. The summed E-state index contributed by atoms with van der Waals surface area (Å²) in [5.41, 5.74) is 2.19. The molecule has 0 aromatic carbocycles. The predicted octanol–water partition coefficient (Wildman–Crippen LogP) is 6.76. The van der Waals surface area contributed by atoms with Gasteiger partial charge in [-0.1, -0.05) is 64.8 Å². The van der Waals surface area contributed by atoms with Gasteiger partial charge in [-0.2, -0.15) is 0 Å². The molecule has 0 amide bonds. The average molecular weight is 338 g/mol. The van der Waals surface area contributed by atoms with Crippen molar-refractivity contribution >= 4 is 22.0 Å². The van der Waals surface area contributed by atoms with Crippen molar-refractivity contribution in [2.24, 2.45) is 0 Å².